The van der Waals surface area contributed by atoms with E-state index in [0.29, 0.717) is 22.3 Å². The van der Waals surface area contributed by atoms with Crippen LogP contribution in [0.4, 0.5) is 13.2 Å². The van der Waals surface area contributed by atoms with E-state index < -0.39 is 11.7 Å². The minimum Gasteiger partial charge on any atom is -0.309 e. The van der Waals surface area contributed by atoms with Crippen LogP contribution < -0.4 is 0 Å². The molecule has 0 fully saturated rings. The van der Waals surface area contributed by atoms with Crippen LogP contribution in [0.2, 0.25) is 0 Å². The highest BCUT2D eigenvalue weighted by molar-refractivity contribution is 6.12. The third-order valence-corrected chi connectivity index (χ3v) is 13.6. The van der Waals surface area contributed by atoms with Crippen LogP contribution in [-0.4, -0.2) is 9.13 Å². The lowest BCUT2D eigenvalue weighted by molar-refractivity contribution is -0.137. The lowest BCUT2D eigenvalue weighted by Crippen LogP contribution is -2.10. The van der Waals surface area contributed by atoms with Gasteiger partial charge in [0.2, 0.25) is 0 Å². The Kier molecular flexibility index (Phi) is 10.5. The number of nitriles is 1. The number of hydrogen-bond donors (Lipinski definition) is 0. The fourth-order valence-corrected chi connectivity index (χ4v) is 9.69. The van der Waals surface area contributed by atoms with Gasteiger partial charge in [-0.3, -0.25) is 0 Å². The molecular weight excluding hydrogens is 832 g/mol. The maximum absolute atomic E-state index is 14.4. The van der Waals surface area contributed by atoms with Gasteiger partial charge in [-0.05, 0) is 152 Å². The van der Waals surface area contributed by atoms with E-state index in [9.17, 15) is 18.4 Å². The lowest BCUT2D eigenvalue weighted by Gasteiger charge is -2.22. The van der Waals surface area contributed by atoms with Gasteiger partial charge in [0.25, 0.3) is 0 Å². The summed E-state index contributed by atoms with van der Waals surface area (Å²) in [5, 5.41) is 15.0. The van der Waals surface area contributed by atoms with Crippen LogP contribution in [0.5, 0.6) is 0 Å². The molecule has 2 aromatic heterocycles. The summed E-state index contributed by atoms with van der Waals surface area (Å²) in [4.78, 5) is 0. The molecule has 67 heavy (non-hydrogen) atoms. The van der Waals surface area contributed by atoms with Crippen molar-refractivity contribution in [1.29, 1.82) is 5.26 Å². The van der Waals surface area contributed by atoms with Gasteiger partial charge in [0.1, 0.15) is 0 Å². The second-order valence-electron chi connectivity index (χ2n) is 22.8. The van der Waals surface area contributed by atoms with Gasteiger partial charge in [-0.2, -0.15) is 18.4 Å². The third-order valence-electron chi connectivity index (χ3n) is 13.6. The topological polar surface area (TPSA) is 33.6 Å². The van der Waals surface area contributed by atoms with Gasteiger partial charge in [0, 0.05) is 32.7 Å². The van der Waals surface area contributed by atoms with E-state index in [2.05, 4.69) is 177 Å². The van der Waals surface area contributed by atoms with Crippen molar-refractivity contribution in [3.05, 3.63) is 166 Å². The predicted octanol–water partition coefficient (Wildman–Crippen LogP) is 17.6. The molecule has 0 aliphatic rings. The molecule has 0 radical (unpaired) electrons. The van der Waals surface area contributed by atoms with Crippen molar-refractivity contribution in [2.45, 2.75) is 118 Å². The predicted molar refractivity (Wildman–Crippen MR) is 275 cm³/mol. The Labute approximate surface area is 393 Å². The number of aromatic nitrogens is 2. The summed E-state index contributed by atoms with van der Waals surface area (Å²) in [6.07, 6.45) is -4.51. The van der Waals surface area contributed by atoms with E-state index >= 15 is 0 Å². The zero-order valence-electron chi connectivity index (χ0n) is 41.1. The number of halogens is 3. The lowest BCUT2D eigenvalue weighted by atomic mass is 9.85. The van der Waals surface area contributed by atoms with Crippen LogP contribution in [0.15, 0.2) is 127 Å². The first kappa shape index (κ1) is 45.6. The highest BCUT2D eigenvalue weighted by Gasteiger charge is 2.32. The van der Waals surface area contributed by atoms with Crippen molar-refractivity contribution in [1.82, 2.24) is 9.13 Å². The fraction of sp³-hybridized carbons (Fsp3) is 0.295. The summed E-state index contributed by atoms with van der Waals surface area (Å²) in [7, 11) is 0. The molecule has 9 rings (SSSR count). The van der Waals surface area contributed by atoms with E-state index in [1.165, 1.54) is 34.4 Å². The zero-order valence-corrected chi connectivity index (χ0v) is 41.1. The molecule has 0 spiro atoms. The van der Waals surface area contributed by atoms with Crippen molar-refractivity contribution in [3.63, 3.8) is 0 Å². The molecule has 340 valence electrons. The molecule has 9 aromatic rings. The summed E-state index contributed by atoms with van der Waals surface area (Å²) in [6, 6.07) is 45.5. The van der Waals surface area contributed by atoms with Gasteiger partial charge in [-0.1, -0.05) is 126 Å². The molecule has 7 aromatic carbocycles. The van der Waals surface area contributed by atoms with E-state index in [0.717, 1.165) is 66.1 Å². The van der Waals surface area contributed by atoms with E-state index in [1.807, 2.05) is 36.4 Å². The van der Waals surface area contributed by atoms with Gasteiger partial charge in [-0.25, -0.2) is 0 Å². The maximum atomic E-state index is 14.4. The number of hydrogen-bond acceptors (Lipinski definition) is 1. The monoisotopic (exact) mass is 891 g/mol. The molecule has 2 heterocycles. The van der Waals surface area contributed by atoms with Gasteiger partial charge in [0.05, 0.1) is 50.6 Å². The number of fused-ring (bicyclic) bond motifs is 6. The second kappa shape index (κ2) is 15.5. The molecule has 0 atom stereocenters. The number of benzene rings is 7. The van der Waals surface area contributed by atoms with Crippen molar-refractivity contribution in [3.8, 4) is 39.7 Å². The Morgan fingerprint density at radius 2 is 0.806 bits per heavy atom. The standard InChI is InChI=1S/C61H60F3N3/c1-36-26-39(29-44(27-36)61(62,63)64)38-15-21-51(66-52-22-16-40(57(2,3)4)31-47(52)48-32-41(58(5,6)7)17-23-53(48)66)46(30-38)45-20-14-37(35-65)28-56(45)67-54-24-18-42(59(8,9)10)33-49(54)50-34-43(60(11,12)13)19-25-55(50)67/h14-34H,1-13H3. The highest BCUT2D eigenvalue weighted by atomic mass is 19.4. The van der Waals surface area contributed by atoms with Crippen LogP contribution in [0, 0.1) is 18.3 Å². The van der Waals surface area contributed by atoms with Crippen LogP contribution in [-0.2, 0) is 27.8 Å². The molecule has 0 bridgehead atoms. The normalized spacial score (nSPS) is 13.1. The van der Waals surface area contributed by atoms with E-state index in [-0.39, 0.29) is 21.7 Å². The Hall–Kier alpha value is -6.58. The zero-order chi connectivity index (χ0) is 48.3. The molecule has 0 saturated heterocycles. The number of nitrogens with zero attached hydrogens (tertiary/aromatic N) is 3. The Bertz CT molecular complexity index is 3360. The molecule has 6 heteroatoms. The highest BCUT2D eigenvalue weighted by Crippen LogP contribution is 2.45. The summed E-state index contributed by atoms with van der Waals surface area (Å²) in [5.41, 5.74) is 13.3. The molecule has 0 aliphatic carbocycles. The van der Waals surface area contributed by atoms with E-state index in [4.69, 9.17) is 0 Å². The molecule has 3 nitrogen and oxygen atoms in total. The van der Waals surface area contributed by atoms with Crippen molar-refractivity contribution >= 4 is 43.6 Å². The molecule has 0 unspecified atom stereocenters. The Morgan fingerprint density at radius 1 is 0.388 bits per heavy atom. The average Bonchev–Trinajstić information content (AvgIpc) is 3.75. The first-order chi connectivity index (χ1) is 31.2. The smallest absolute Gasteiger partial charge is 0.309 e. The largest absolute Gasteiger partial charge is 0.416 e. The SMILES string of the molecule is Cc1cc(-c2ccc(-n3c4ccc(C(C)(C)C)cc4c4cc(C(C)(C)C)ccc43)c(-c3ccc(C#N)cc3-n3c4ccc(C(C)(C)C)cc4c4cc(C(C)(C)C)ccc43)c2)cc(C(F)(F)F)c1. The number of alkyl halides is 3. The van der Waals surface area contributed by atoms with E-state index in [1.54, 1.807) is 6.92 Å². The van der Waals surface area contributed by atoms with Crippen molar-refractivity contribution < 1.29 is 13.2 Å². The van der Waals surface area contributed by atoms with Crippen LogP contribution in [0.1, 0.15) is 122 Å². The second-order valence-corrected chi connectivity index (χ2v) is 22.8. The first-order valence-electron chi connectivity index (χ1n) is 23.3. The van der Waals surface area contributed by atoms with Gasteiger partial charge < -0.3 is 9.13 Å². The first-order valence-corrected chi connectivity index (χ1v) is 23.3. The molecular formula is C61H60F3N3. The van der Waals surface area contributed by atoms with Crippen LogP contribution in [0.25, 0.3) is 77.2 Å². The molecule has 0 amide bonds. The van der Waals surface area contributed by atoms with Gasteiger partial charge >= 0.3 is 6.18 Å². The number of aryl methyl sites for hydroxylation is 1. The van der Waals surface area contributed by atoms with Crippen molar-refractivity contribution in [2.24, 2.45) is 0 Å². The van der Waals surface area contributed by atoms with Crippen LogP contribution >= 0.6 is 0 Å². The summed E-state index contributed by atoms with van der Waals surface area (Å²) < 4.78 is 47.9. The summed E-state index contributed by atoms with van der Waals surface area (Å²) in [5.74, 6) is 0. The minimum absolute atomic E-state index is 0.0961. The average molecular weight is 892 g/mol. The fourth-order valence-electron chi connectivity index (χ4n) is 9.69. The minimum atomic E-state index is -4.51. The van der Waals surface area contributed by atoms with Crippen LogP contribution in [0.3, 0.4) is 0 Å². The Balaban J connectivity index is 1.43. The molecule has 0 aliphatic heterocycles. The van der Waals surface area contributed by atoms with Gasteiger partial charge in [0.15, 0.2) is 0 Å². The maximum Gasteiger partial charge on any atom is 0.416 e. The number of rotatable bonds is 4. The summed E-state index contributed by atoms with van der Waals surface area (Å²) >= 11 is 0. The quantitative estimate of drug-likeness (QED) is 0.173. The summed E-state index contributed by atoms with van der Waals surface area (Å²) in [6.45, 7) is 28.5. The molecule has 0 N–H and O–H groups in total. The molecule has 0 saturated carbocycles. The van der Waals surface area contributed by atoms with Crippen molar-refractivity contribution in [2.75, 3.05) is 0 Å². The Morgan fingerprint density at radius 3 is 1.19 bits per heavy atom. The third kappa shape index (κ3) is 8.11. The van der Waals surface area contributed by atoms with Gasteiger partial charge in [-0.15, -0.1) is 0 Å².